The zero-order chi connectivity index (χ0) is 16.5. The van der Waals surface area contributed by atoms with Crippen LogP contribution in [0.2, 0.25) is 0 Å². The van der Waals surface area contributed by atoms with E-state index in [4.69, 9.17) is 10.5 Å². The van der Waals surface area contributed by atoms with E-state index < -0.39 is 6.04 Å². The number of aryl methyl sites for hydroxylation is 1. The Labute approximate surface area is 137 Å². The first-order chi connectivity index (χ1) is 11.1. The number of ether oxygens (including phenoxy) is 1. The molecule has 0 aliphatic rings. The monoisotopic (exact) mass is 312 g/mol. The SMILES string of the molecule is CC(N)C(=O)NCc1ccc(OCCCc2ccccc2)cc1. The topological polar surface area (TPSA) is 64.4 Å². The lowest BCUT2D eigenvalue weighted by Crippen LogP contribution is -2.37. The molecule has 122 valence electrons. The largest absolute Gasteiger partial charge is 0.494 e. The van der Waals surface area contributed by atoms with E-state index in [9.17, 15) is 4.79 Å². The molecule has 0 aliphatic heterocycles. The minimum atomic E-state index is -0.484. The van der Waals surface area contributed by atoms with Gasteiger partial charge in [0.2, 0.25) is 5.91 Å². The molecule has 0 fully saturated rings. The van der Waals surface area contributed by atoms with E-state index in [1.165, 1.54) is 5.56 Å². The number of nitrogens with one attached hydrogen (secondary N) is 1. The van der Waals surface area contributed by atoms with Crippen LogP contribution in [-0.2, 0) is 17.8 Å². The Morgan fingerprint density at radius 3 is 2.43 bits per heavy atom. The molecular formula is C19H24N2O2. The number of benzene rings is 2. The summed E-state index contributed by atoms with van der Waals surface area (Å²) in [5.41, 5.74) is 7.86. The Balaban J connectivity index is 1.69. The lowest BCUT2D eigenvalue weighted by molar-refractivity contribution is -0.122. The molecule has 0 aromatic heterocycles. The van der Waals surface area contributed by atoms with Gasteiger partial charge < -0.3 is 15.8 Å². The summed E-state index contributed by atoms with van der Waals surface area (Å²) in [6, 6.07) is 17.7. The van der Waals surface area contributed by atoms with Gasteiger partial charge in [-0.1, -0.05) is 42.5 Å². The van der Waals surface area contributed by atoms with Crippen molar-refractivity contribution in [2.24, 2.45) is 5.73 Å². The van der Waals surface area contributed by atoms with E-state index >= 15 is 0 Å². The minimum Gasteiger partial charge on any atom is -0.494 e. The van der Waals surface area contributed by atoms with Gasteiger partial charge in [-0.2, -0.15) is 0 Å². The van der Waals surface area contributed by atoms with Gasteiger partial charge in [-0.05, 0) is 43.0 Å². The molecule has 1 atom stereocenters. The van der Waals surface area contributed by atoms with Crippen LogP contribution in [0, 0.1) is 0 Å². The van der Waals surface area contributed by atoms with Gasteiger partial charge in [0.1, 0.15) is 5.75 Å². The van der Waals surface area contributed by atoms with Crippen molar-refractivity contribution < 1.29 is 9.53 Å². The average Bonchev–Trinajstić information content (AvgIpc) is 2.58. The Morgan fingerprint density at radius 1 is 1.09 bits per heavy atom. The molecule has 23 heavy (non-hydrogen) atoms. The number of hydrogen-bond acceptors (Lipinski definition) is 3. The van der Waals surface area contributed by atoms with E-state index in [1.807, 2.05) is 30.3 Å². The molecule has 4 heteroatoms. The van der Waals surface area contributed by atoms with E-state index in [0.29, 0.717) is 13.2 Å². The average molecular weight is 312 g/mol. The molecule has 0 bridgehead atoms. The Morgan fingerprint density at radius 2 is 1.78 bits per heavy atom. The maximum Gasteiger partial charge on any atom is 0.236 e. The second kappa shape index (κ2) is 8.96. The van der Waals surface area contributed by atoms with Crippen LogP contribution in [0.4, 0.5) is 0 Å². The third-order valence-electron chi connectivity index (χ3n) is 3.53. The maximum atomic E-state index is 11.4. The summed E-state index contributed by atoms with van der Waals surface area (Å²) in [6.45, 7) is 2.84. The predicted molar refractivity (Wildman–Crippen MR) is 92.2 cm³/mol. The van der Waals surface area contributed by atoms with E-state index in [0.717, 1.165) is 24.2 Å². The summed E-state index contributed by atoms with van der Waals surface area (Å²) in [4.78, 5) is 11.4. The molecule has 3 N–H and O–H groups in total. The van der Waals surface area contributed by atoms with Gasteiger partial charge in [0.15, 0.2) is 0 Å². The highest BCUT2D eigenvalue weighted by Gasteiger charge is 2.06. The standard InChI is InChI=1S/C19H24N2O2/c1-15(20)19(22)21-14-17-9-11-18(12-10-17)23-13-5-8-16-6-3-2-4-7-16/h2-4,6-7,9-12,15H,5,8,13-14,20H2,1H3,(H,21,22). The van der Waals surface area contributed by atoms with E-state index in [2.05, 4.69) is 29.6 Å². The number of amides is 1. The quantitative estimate of drug-likeness (QED) is 0.737. The number of nitrogens with two attached hydrogens (primary N) is 1. The van der Waals surface area contributed by atoms with Crippen LogP contribution in [0.1, 0.15) is 24.5 Å². The molecule has 0 heterocycles. The highest BCUT2D eigenvalue weighted by Crippen LogP contribution is 2.13. The smallest absolute Gasteiger partial charge is 0.236 e. The first-order valence-corrected chi connectivity index (χ1v) is 7.94. The van der Waals surface area contributed by atoms with Crippen molar-refractivity contribution in [2.75, 3.05) is 6.61 Å². The zero-order valence-electron chi connectivity index (χ0n) is 13.5. The van der Waals surface area contributed by atoms with Crippen molar-refractivity contribution in [3.05, 3.63) is 65.7 Å². The first-order valence-electron chi connectivity index (χ1n) is 7.94. The summed E-state index contributed by atoms with van der Waals surface area (Å²) in [6.07, 6.45) is 2.00. The number of hydrogen-bond donors (Lipinski definition) is 2. The first kappa shape index (κ1) is 17.0. The van der Waals surface area contributed by atoms with Gasteiger partial charge >= 0.3 is 0 Å². The van der Waals surface area contributed by atoms with Gasteiger partial charge in [-0.25, -0.2) is 0 Å². The molecule has 2 aromatic rings. The fraction of sp³-hybridized carbons (Fsp3) is 0.316. The van der Waals surface area contributed by atoms with Gasteiger partial charge in [0, 0.05) is 6.54 Å². The summed E-state index contributed by atoms with van der Waals surface area (Å²) in [5, 5.41) is 2.78. The van der Waals surface area contributed by atoms with Crippen molar-refractivity contribution in [3.8, 4) is 5.75 Å². The van der Waals surface area contributed by atoms with Gasteiger partial charge in [0.25, 0.3) is 0 Å². The number of carbonyl (C=O) groups excluding carboxylic acids is 1. The minimum absolute atomic E-state index is 0.147. The normalized spacial score (nSPS) is 11.7. The van der Waals surface area contributed by atoms with Crippen LogP contribution in [0.5, 0.6) is 5.75 Å². The maximum absolute atomic E-state index is 11.4. The second-order valence-electron chi connectivity index (χ2n) is 5.59. The molecule has 0 spiro atoms. The number of rotatable bonds is 8. The second-order valence-corrected chi connectivity index (χ2v) is 5.59. The zero-order valence-corrected chi connectivity index (χ0v) is 13.5. The lowest BCUT2D eigenvalue weighted by Gasteiger charge is -2.09. The predicted octanol–water partition coefficient (Wildman–Crippen LogP) is 2.66. The van der Waals surface area contributed by atoms with Crippen LogP contribution in [0.3, 0.4) is 0 Å². The Kier molecular flexibility index (Phi) is 6.63. The Hall–Kier alpha value is -2.33. The van der Waals surface area contributed by atoms with Crippen LogP contribution in [0.15, 0.2) is 54.6 Å². The highest BCUT2D eigenvalue weighted by molar-refractivity contribution is 5.80. The Bertz CT molecular complexity index is 595. The van der Waals surface area contributed by atoms with Crippen LogP contribution in [0.25, 0.3) is 0 Å². The summed E-state index contributed by atoms with van der Waals surface area (Å²) < 4.78 is 5.74. The number of carbonyl (C=O) groups is 1. The molecule has 2 aromatic carbocycles. The molecule has 1 amide bonds. The fourth-order valence-electron chi connectivity index (χ4n) is 2.16. The fourth-order valence-corrected chi connectivity index (χ4v) is 2.16. The van der Waals surface area contributed by atoms with Gasteiger partial charge in [-0.3, -0.25) is 4.79 Å². The molecule has 0 saturated heterocycles. The summed E-state index contributed by atoms with van der Waals surface area (Å²) in [7, 11) is 0. The van der Waals surface area contributed by atoms with Crippen molar-refractivity contribution in [3.63, 3.8) is 0 Å². The lowest BCUT2D eigenvalue weighted by atomic mass is 10.1. The van der Waals surface area contributed by atoms with E-state index in [-0.39, 0.29) is 5.91 Å². The molecule has 1 unspecified atom stereocenters. The van der Waals surface area contributed by atoms with Gasteiger partial charge in [0.05, 0.1) is 12.6 Å². The van der Waals surface area contributed by atoms with Crippen molar-refractivity contribution >= 4 is 5.91 Å². The molecule has 0 radical (unpaired) electrons. The van der Waals surface area contributed by atoms with Gasteiger partial charge in [-0.15, -0.1) is 0 Å². The molecule has 4 nitrogen and oxygen atoms in total. The third kappa shape index (κ3) is 6.12. The third-order valence-corrected chi connectivity index (χ3v) is 3.53. The van der Waals surface area contributed by atoms with Crippen LogP contribution in [-0.4, -0.2) is 18.6 Å². The molecule has 0 aliphatic carbocycles. The van der Waals surface area contributed by atoms with Crippen LogP contribution >= 0.6 is 0 Å². The summed E-state index contributed by atoms with van der Waals surface area (Å²) in [5.74, 6) is 0.701. The molecule has 0 saturated carbocycles. The van der Waals surface area contributed by atoms with Crippen molar-refractivity contribution in [1.82, 2.24) is 5.32 Å². The molecular weight excluding hydrogens is 288 g/mol. The molecule has 2 rings (SSSR count). The van der Waals surface area contributed by atoms with Crippen molar-refractivity contribution in [2.45, 2.75) is 32.4 Å². The highest BCUT2D eigenvalue weighted by atomic mass is 16.5. The van der Waals surface area contributed by atoms with Crippen molar-refractivity contribution in [1.29, 1.82) is 0 Å². The van der Waals surface area contributed by atoms with E-state index in [1.54, 1.807) is 6.92 Å². The van der Waals surface area contributed by atoms with Crippen LogP contribution < -0.4 is 15.8 Å². The summed E-state index contributed by atoms with van der Waals surface area (Å²) >= 11 is 0.